The average molecular weight is 265 g/mol. The van der Waals surface area contributed by atoms with Crippen molar-refractivity contribution in [2.24, 2.45) is 11.7 Å². The van der Waals surface area contributed by atoms with Gasteiger partial charge in [-0.1, -0.05) is 56.4 Å². The molecule has 0 aromatic heterocycles. The van der Waals surface area contributed by atoms with E-state index in [0.717, 1.165) is 5.56 Å². The Hall–Kier alpha value is -1.62. The number of carbonyl (C=O) groups excluding carboxylic acids is 1. The van der Waals surface area contributed by atoms with Gasteiger partial charge >= 0.3 is 6.03 Å². The number of benzene rings is 1. The lowest BCUT2D eigenvalue weighted by Crippen LogP contribution is -2.50. The maximum Gasteiger partial charge on any atom is 0.315 e. The SMILES string of the molecule is CC(C)C(NC(=O)NCc1ccccc1)C(N)=S. The van der Waals surface area contributed by atoms with E-state index < -0.39 is 0 Å². The van der Waals surface area contributed by atoms with Gasteiger partial charge in [0.15, 0.2) is 0 Å². The van der Waals surface area contributed by atoms with E-state index in [2.05, 4.69) is 10.6 Å². The van der Waals surface area contributed by atoms with Crippen molar-refractivity contribution < 1.29 is 4.79 Å². The van der Waals surface area contributed by atoms with Gasteiger partial charge in [-0.25, -0.2) is 4.79 Å². The Morgan fingerprint density at radius 1 is 1.33 bits per heavy atom. The third-order valence-corrected chi connectivity index (χ3v) is 2.81. The first-order valence-corrected chi connectivity index (χ1v) is 6.29. The average Bonchev–Trinajstić information content (AvgIpc) is 2.34. The molecule has 1 rings (SSSR count). The smallest absolute Gasteiger partial charge is 0.315 e. The van der Waals surface area contributed by atoms with Crippen molar-refractivity contribution in [3.63, 3.8) is 0 Å². The van der Waals surface area contributed by atoms with Crippen molar-refractivity contribution in [3.8, 4) is 0 Å². The number of urea groups is 1. The molecule has 0 aliphatic heterocycles. The molecule has 98 valence electrons. The van der Waals surface area contributed by atoms with Crippen LogP contribution in [0.2, 0.25) is 0 Å². The Morgan fingerprint density at radius 3 is 2.44 bits per heavy atom. The van der Waals surface area contributed by atoms with Gasteiger partial charge in [-0.15, -0.1) is 0 Å². The first-order chi connectivity index (χ1) is 8.50. The Bertz CT molecular complexity index is 406. The van der Waals surface area contributed by atoms with Crippen LogP contribution in [0.5, 0.6) is 0 Å². The molecule has 0 aliphatic carbocycles. The first kappa shape index (κ1) is 14.4. The third-order valence-electron chi connectivity index (χ3n) is 2.56. The van der Waals surface area contributed by atoms with E-state index in [1.807, 2.05) is 44.2 Å². The molecule has 1 aromatic rings. The molecule has 0 radical (unpaired) electrons. The van der Waals surface area contributed by atoms with Crippen molar-refractivity contribution in [3.05, 3.63) is 35.9 Å². The Balaban J connectivity index is 2.44. The molecule has 1 aromatic carbocycles. The van der Waals surface area contributed by atoms with Crippen LogP contribution in [0.4, 0.5) is 4.79 Å². The van der Waals surface area contributed by atoms with Crippen LogP contribution in [0.25, 0.3) is 0 Å². The molecule has 5 heteroatoms. The lowest BCUT2D eigenvalue weighted by atomic mass is 10.1. The summed E-state index contributed by atoms with van der Waals surface area (Å²) in [6, 6.07) is 9.16. The second kappa shape index (κ2) is 6.96. The summed E-state index contributed by atoms with van der Waals surface area (Å²) >= 11 is 4.92. The zero-order valence-electron chi connectivity index (χ0n) is 10.6. The normalized spacial score (nSPS) is 11.9. The zero-order valence-corrected chi connectivity index (χ0v) is 11.5. The maximum atomic E-state index is 11.7. The number of amides is 2. The van der Waals surface area contributed by atoms with E-state index in [4.69, 9.17) is 18.0 Å². The largest absolute Gasteiger partial charge is 0.392 e. The number of nitrogens with one attached hydrogen (secondary N) is 2. The van der Waals surface area contributed by atoms with Crippen molar-refractivity contribution in [1.82, 2.24) is 10.6 Å². The van der Waals surface area contributed by atoms with E-state index >= 15 is 0 Å². The molecule has 18 heavy (non-hydrogen) atoms. The first-order valence-electron chi connectivity index (χ1n) is 5.88. The summed E-state index contributed by atoms with van der Waals surface area (Å²) in [6.07, 6.45) is 0. The van der Waals surface area contributed by atoms with Crippen molar-refractivity contribution in [2.45, 2.75) is 26.4 Å². The van der Waals surface area contributed by atoms with Crippen molar-refractivity contribution in [2.75, 3.05) is 0 Å². The van der Waals surface area contributed by atoms with Crippen LogP contribution in [0.1, 0.15) is 19.4 Å². The predicted molar refractivity (Wildman–Crippen MR) is 77.2 cm³/mol. The molecule has 4 nitrogen and oxygen atoms in total. The van der Waals surface area contributed by atoms with Gasteiger partial charge in [0.05, 0.1) is 11.0 Å². The second-order valence-corrected chi connectivity index (χ2v) is 4.91. The molecule has 0 saturated heterocycles. The van der Waals surface area contributed by atoms with Gasteiger partial charge < -0.3 is 16.4 Å². The van der Waals surface area contributed by atoms with Gasteiger partial charge in [-0.05, 0) is 11.5 Å². The van der Waals surface area contributed by atoms with Crippen LogP contribution in [0, 0.1) is 5.92 Å². The standard InChI is InChI=1S/C13H19N3OS/c1-9(2)11(12(14)18)16-13(17)15-8-10-6-4-3-5-7-10/h3-7,9,11H,8H2,1-2H3,(H2,14,18)(H2,15,16,17). The Kier molecular flexibility index (Phi) is 5.58. The summed E-state index contributed by atoms with van der Waals surface area (Å²) in [4.78, 5) is 12.0. The van der Waals surface area contributed by atoms with E-state index in [0.29, 0.717) is 11.5 Å². The highest BCUT2D eigenvalue weighted by Crippen LogP contribution is 2.02. The van der Waals surface area contributed by atoms with Gasteiger partial charge in [-0.3, -0.25) is 0 Å². The van der Waals surface area contributed by atoms with Gasteiger partial charge in [0.25, 0.3) is 0 Å². The third kappa shape index (κ3) is 4.71. The number of hydrogen-bond donors (Lipinski definition) is 3. The summed E-state index contributed by atoms with van der Waals surface area (Å²) in [5.74, 6) is 0.171. The van der Waals surface area contributed by atoms with Gasteiger partial charge in [-0.2, -0.15) is 0 Å². The second-order valence-electron chi connectivity index (χ2n) is 4.44. The maximum absolute atomic E-state index is 11.7. The molecule has 4 N–H and O–H groups in total. The topological polar surface area (TPSA) is 67.2 Å². The summed E-state index contributed by atoms with van der Waals surface area (Å²) in [6.45, 7) is 4.40. The van der Waals surface area contributed by atoms with Crippen LogP contribution in [0.3, 0.4) is 0 Å². The van der Waals surface area contributed by atoms with E-state index in [1.165, 1.54) is 0 Å². The molecule has 0 saturated carbocycles. The minimum absolute atomic E-state index is 0.171. The van der Waals surface area contributed by atoms with Gasteiger partial charge in [0.2, 0.25) is 0 Å². The molecule has 1 atom stereocenters. The number of hydrogen-bond acceptors (Lipinski definition) is 2. The van der Waals surface area contributed by atoms with Gasteiger partial charge in [0, 0.05) is 6.54 Å². The highest BCUT2D eigenvalue weighted by molar-refractivity contribution is 7.80. The molecule has 0 bridgehead atoms. The lowest BCUT2D eigenvalue weighted by Gasteiger charge is -2.21. The van der Waals surface area contributed by atoms with Crippen LogP contribution in [-0.2, 0) is 6.54 Å². The minimum atomic E-state index is -0.282. The fourth-order valence-electron chi connectivity index (χ4n) is 1.54. The number of thiocarbonyl (C=S) groups is 1. The molecule has 0 aliphatic rings. The van der Waals surface area contributed by atoms with Crippen LogP contribution in [-0.4, -0.2) is 17.1 Å². The number of rotatable bonds is 5. The van der Waals surface area contributed by atoms with Crippen molar-refractivity contribution in [1.29, 1.82) is 0 Å². The number of carbonyl (C=O) groups is 1. The molecule has 0 heterocycles. The summed E-state index contributed by atoms with van der Waals surface area (Å²) < 4.78 is 0. The molecule has 1 unspecified atom stereocenters. The van der Waals surface area contributed by atoms with Crippen LogP contribution in [0.15, 0.2) is 30.3 Å². The zero-order chi connectivity index (χ0) is 13.5. The fraction of sp³-hybridized carbons (Fsp3) is 0.385. The number of nitrogens with two attached hydrogens (primary N) is 1. The van der Waals surface area contributed by atoms with E-state index in [-0.39, 0.29) is 18.0 Å². The Labute approximate surface area is 113 Å². The molecule has 2 amide bonds. The molecular formula is C13H19N3OS. The lowest BCUT2D eigenvalue weighted by molar-refractivity contribution is 0.237. The monoisotopic (exact) mass is 265 g/mol. The van der Waals surface area contributed by atoms with Crippen LogP contribution >= 0.6 is 12.2 Å². The highest BCUT2D eigenvalue weighted by atomic mass is 32.1. The summed E-state index contributed by atoms with van der Waals surface area (Å²) in [5.41, 5.74) is 6.63. The molecular weight excluding hydrogens is 246 g/mol. The minimum Gasteiger partial charge on any atom is -0.392 e. The van der Waals surface area contributed by atoms with E-state index in [1.54, 1.807) is 0 Å². The summed E-state index contributed by atoms with van der Waals surface area (Å²) in [7, 11) is 0. The molecule has 0 fully saturated rings. The highest BCUT2D eigenvalue weighted by Gasteiger charge is 2.18. The quantitative estimate of drug-likeness (QED) is 0.711. The van der Waals surface area contributed by atoms with Crippen molar-refractivity contribution >= 4 is 23.2 Å². The predicted octanol–water partition coefficient (Wildman–Crippen LogP) is 1.80. The van der Waals surface area contributed by atoms with Crippen LogP contribution < -0.4 is 16.4 Å². The van der Waals surface area contributed by atoms with E-state index in [9.17, 15) is 4.79 Å². The Morgan fingerprint density at radius 2 is 1.94 bits per heavy atom. The molecule has 0 spiro atoms. The van der Waals surface area contributed by atoms with Gasteiger partial charge in [0.1, 0.15) is 0 Å². The summed E-state index contributed by atoms with van der Waals surface area (Å²) in [5, 5.41) is 5.54. The fourth-order valence-corrected chi connectivity index (χ4v) is 1.87.